The fraction of sp³-hybridized carbons (Fsp3) is 0.625. The summed E-state index contributed by atoms with van der Waals surface area (Å²) in [5, 5.41) is 3.61. The normalized spacial score (nSPS) is 26.2. The van der Waals surface area contributed by atoms with Crippen molar-refractivity contribution in [2.75, 3.05) is 13.7 Å². The smallest absolute Gasteiger partial charge is 0.125 e. The van der Waals surface area contributed by atoms with Crippen molar-refractivity contribution in [3.63, 3.8) is 0 Å². The second kappa shape index (κ2) is 5.14. The lowest BCUT2D eigenvalue weighted by atomic mass is 9.93. The molecular formula is C16H25NO2. The van der Waals surface area contributed by atoms with Crippen LogP contribution in [0.4, 0.5) is 0 Å². The van der Waals surface area contributed by atoms with Crippen LogP contribution in [0.3, 0.4) is 0 Å². The fourth-order valence-electron chi connectivity index (χ4n) is 2.75. The maximum atomic E-state index is 6.09. The number of aryl methyl sites for hydroxylation is 2. The molecule has 1 N–H and O–H groups in total. The van der Waals surface area contributed by atoms with Crippen molar-refractivity contribution in [3.8, 4) is 5.75 Å². The summed E-state index contributed by atoms with van der Waals surface area (Å²) in [5.74, 6) is 0.918. The van der Waals surface area contributed by atoms with Crippen LogP contribution in [-0.2, 0) is 4.74 Å². The Morgan fingerprint density at radius 1 is 1.26 bits per heavy atom. The highest BCUT2D eigenvalue weighted by Gasteiger charge is 2.34. The Balaban J connectivity index is 2.34. The van der Waals surface area contributed by atoms with E-state index in [0.29, 0.717) is 6.61 Å². The Morgan fingerprint density at radius 2 is 1.89 bits per heavy atom. The molecule has 2 rings (SSSR count). The molecule has 2 atom stereocenters. The summed E-state index contributed by atoms with van der Waals surface area (Å²) in [6.45, 7) is 11.4. The van der Waals surface area contributed by atoms with Gasteiger partial charge in [0.1, 0.15) is 11.9 Å². The average molecular weight is 263 g/mol. The van der Waals surface area contributed by atoms with Crippen molar-refractivity contribution in [2.45, 2.75) is 52.3 Å². The summed E-state index contributed by atoms with van der Waals surface area (Å²) in [4.78, 5) is 0. The van der Waals surface area contributed by atoms with Gasteiger partial charge in [-0.2, -0.15) is 0 Å². The average Bonchev–Trinajstić information content (AvgIpc) is 2.31. The zero-order valence-corrected chi connectivity index (χ0v) is 12.8. The number of nitrogens with one attached hydrogen (secondary N) is 1. The predicted octanol–water partition coefficient (Wildman–Crippen LogP) is 3.14. The van der Waals surface area contributed by atoms with Crippen molar-refractivity contribution in [1.82, 2.24) is 5.32 Å². The lowest BCUT2D eigenvalue weighted by Gasteiger charge is -2.41. The number of hydrogen-bond donors (Lipinski definition) is 1. The largest absolute Gasteiger partial charge is 0.496 e. The zero-order valence-electron chi connectivity index (χ0n) is 12.8. The van der Waals surface area contributed by atoms with E-state index in [1.54, 1.807) is 7.11 Å². The Bertz CT molecular complexity index is 468. The number of morpholine rings is 1. The first-order valence-corrected chi connectivity index (χ1v) is 6.88. The van der Waals surface area contributed by atoms with E-state index in [-0.39, 0.29) is 17.7 Å². The van der Waals surface area contributed by atoms with E-state index >= 15 is 0 Å². The minimum absolute atomic E-state index is 0.0306. The molecule has 1 aromatic carbocycles. The Morgan fingerprint density at radius 3 is 2.47 bits per heavy atom. The molecule has 3 nitrogen and oxygen atoms in total. The molecule has 1 aliphatic rings. The molecule has 1 aromatic rings. The van der Waals surface area contributed by atoms with Crippen molar-refractivity contribution >= 4 is 0 Å². The van der Waals surface area contributed by atoms with Crippen LogP contribution in [0.5, 0.6) is 5.75 Å². The molecule has 0 aliphatic carbocycles. The molecule has 1 saturated heterocycles. The standard InChI is InChI=1S/C16H25NO2/c1-10-7-13(14(18-6)8-11(10)2)15-12(3)17-16(4,5)9-19-15/h7-8,12,15,17H,9H2,1-6H3. The highest BCUT2D eigenvalue weighted by molar-refractivity contribution is 5.43. The predicted molar refractivity (Wildman–Crippen MR) is 77.8 cm³/mol. The van der Waals surface area contributed by atoms with Crippen molar-refractivity contribution in [3.05, 3.63) is 28.8 Å². The van der Waals surface area contributed by atoms with E-state index in [1.165, 1.54) is 11.1 Å². The quantitative estimate of drug-likeness (QED) is 0.889. The Labute approximate surface area is 116 Å². The number of hydrogen-bond acceptors (Lipinski definition) is 3. The van der Waals surface area contributed by atoms with Crippen LogP contribution >= 0.6 is 0 Å². The van der Waals surface area contributed by atoms with Gasteiger partial charge in [-0.1, -0.05) is 0 Å². The van der Waals surface area contributed by atoms with Gasteiger partial charge in [0.05, 0.1) is 13.7 Å². The summed E-state index contributed by atoms with van der Waals surface area (Å²) in [5.41, 5.74) is 3.69. The minimum Gasteiger partial charge on any atom is -0.496 e. The molecule has 19 heavy (non-hydrogen) atoms. The summed E-state index contributed by atoms with van der Waals surface area (Å²) < 4.78 is 11.6. The number of methoxy groups -OCH3 is 1. The molecule has 0 radical (unpaired) electrons. The molecule has 3 heteroatoms. The first-order valence-electron chi connectivity index (χ1n) is 6.88. The second-order valence-electron chi connectivity index (χ2n) is 6.23. The van der Waals surface area contributed by atoms with Crippen LogP contribution in [0.1, 0.15) is 43.6 Å². The third kappa shape index (κ3) is 2.93. The molecule has 1 heterocycles. The van der Waals surface area contributed by atoms with Crippen molar-refractivity contribution in [2.24, 2.45) is 0 Å². The van der Waals surface area contributed by atoms with Crippen molar-refractivity contribution < 1.29 is 9.47 Å². The van der Waals surface area contributed by atoms with Gasteiger partial charge in [0.2, 0.25) is 0 Å². The van der Waals surface area contributed by atoms with Gasteiger partial charge in [-0.25, -0.2) is 0 Å². The van der Waals surface area contributed by atoms with E-state index < -0.39 is 0 Å². The molecule has 106 valence electrons. The van der Waals surface area contributed by atoms with E-state index in [9.17, 15) is 0 Å². The summed E-state index contributed by atoms with van der Waals surface area (Å²) in [6.07, 6.45) is 0.0438. The lowest BCUT2D eigenvalue weighted by molar-refractivity contribution is -0.0504. The van der Waals surface area contributed by atoms with E-state index in [0.717, 1.165) is 11.3 Å². The first-order chi connectivity index (χ1) is 8.84. The number of benzene rings is 1. The van der Waals surface area contributed by atoms with Crippen LogP contribution in [0, 0.1) is 13.8 Å². The summed E-state index contributed by atoms with van der Waals surface area (Å²) in [6, 6.07) is 4.55. The SMILES string of the molecule is COc1cc(C)c(C)cc1C1OCC(C)(C)NC1C. The Hall–Kier alpha value is -1.06. The monoisotopic (exact) mass is 263 g/mol. The van der Waals surface area contributed by atoms with Gasteiger partial charge in [0.15, 0.2) is 0 Å². The highest BCUT2D eigenvalue weighted by atomic mass is 16.5. The minimum atomic E-state index is 0.0306. The van der Waals surface area contributed by atoms with Crippen LogP contribution < -0.4 is 10.1 Å². The maximum Gasteiger partial charge on any atom is 0.125 e. The highest BCUT2D eigenvalue weighted by Crippen LogP contribution is 2.35. The summed E-state index contributed by atoms with van der Waals surface area (Å²) >= 11 is 0. The molecule has 0 amide bonds. The molecule has 0 bridgehead atoms. The number of ether oxygens (including phenoxy) is 2. The topological polar surface area (TPSA) is 30.5 Å². The van der Waals surface area contributed by atoms with Crippen LogP contribution in [-0.4, -0.2) is 25.3 Å². The number of rotatable bonds is 2. The zero-order chi connectivity index (χ0) is 14.2. The first kappa shape index (κ1) is 14.4. The molecule has 0 aromatic heterocycles. The maximum absolute atomic E-state index is 6.09. The third-order valence-corrected chi connectivity index (χ3v) is 3.85. The Kier molecular flexibility index (Phi) is 3.88. The molecule has 2 unspecified atom stereocenters. The van der Waals surface area contributed by atoms with E-state index in [4.69, 9.17) is 9.47 Å². The molecule has 0 spiro atoms. The van der Waals surface area contributed by atoms with Crippen LogP contribution in [0.15, 0.2) is 12.1 Å². The third-order valence-electron chi connectivity index (χ3n) is 3.85. The van der Waals surface area contributed by atoms with E-state index in [2.05, 4.69) is 52.1 Å². The second-order valence-corrected chi connectivity index (χ2v) is 6.23. The van der Waals surface area contributed by atoms with Crippen molar-refractivity contribution in [1.29, 1.82) is 0 Å². The lowest BCUT2D eigenvalue weighted by Crippen LogP contribution is -2.55. The van der Waals surface area contributed by atoms with E-state index in [1.807, 2.05) is 0 Å². The van der Waals surface area contributed by atoms with Gasteiger partial charge >= 0.3 is 0 Å². The van der Waals surface area contributed by atoms with Gasteiger partial charge in [-0.05, 0) is 57.9 Å². The molecule has 1 fully saturated rings. The van der Waals surface area contributed by atoms with Gasteiger partial charge in [-0.3, -0.25) is 0 Å². The fourth-order valence-corrected chi connectivity index (χ4v) is 2.75. The van der Waals surface area contributed by atoms with Gasteiger partial charge in [0, 0.05) is 17.1 Å². The van der Waals surface area contributed by atoms with Gasteiger partial charge in [-0.15, -0.1) is 0 Å². The van der Waals surface area contributed by atoms with Crippen LogP contribution in [0.2, 0.25) is 0 Å². The summed E-state index contributed by atoms with van der Waals surface area (Å²) in [7, 11) is 1.72. The molecule has 1 aliphatic heterocycles. The van der Waals surface area contributed by atoms with Gasteiger partial charge in [0.25, 0.3) is 0 Å². The van der Waals surface area contributed by atoms with Crippen LogP contribution in [0.25, 0.3) is 0 Å². The molecular weight excluding hydrogens is 238 g/mol. The van der Waals surface area contributed by atoms with Gasteiger partial charge < -0.3 is 14.8 Å². The molecule has 0 saturated carbocycles.